The SMILES string of the molecule is COc1ccc([N+](=O)[O-])cc1C(=O)N1CCC(OCCCN)CC1.Cl. The van der Waals surface area contributed by atoms with Gasteiger partial charge in [0.2, 0.25) is 0 Å². The molecular weight excluding hydrogens is 350 g/mol. The Hall–Kier alpha value is -1.90. The summed E-state index contributed by atoms with van der Waals surface area (Å²) in [5.74, 6) is 0.0860. The number of halogens is 1. The standard InChI is InChI=1S/C16H23N3O5.ClH/c1-23-15-4-3-12(19(21)22)11-14(15)16(20)18-8-5-13(6-9-18)24-10-2-7-17;/h3-4,11,13H,2,5-10,17H2,1H3;1H. The van der Waals surface area contributed by atoms with Crippen LogP contribution in [0.5, 0.6) is 5.75 Å². The summed E-state index contributed by atoms with van der Waals surface area (Å²) in [4.78, 5) is 24.8. The third-order valence-corrected chi connectivity index (χ3v) is 4.06. The molecule has 0 spiro atoms. The zero-order valence-electron chi connectivity index (χ0n) is 14.2. The molecule has 0 saturated carbocycles. The largest absolute Gasteiger partial charge is 0.496 e. The highest BCUT2D eigenvalue weighted by atomic mass is 35.5. The van der Waals surface area contributed by atoms with Crippen molar-refractivity contribution in [2.45, 2.75) is 25.4 Å². The van der Waals surface area contributed by atoms with Gasteiger partial charge in [-0.05, 0) is 31.9 Å². The lowest BCUT2D eigenvalue weighted by Gasteiger charge is -2.32. The molecule has 2 N–H and O–H groups in total. The molecular formula is C16H24ClN3O5. The molecule has 1 fully saturated rings. The van der Waals surface area contributed by atoms with Gasteiger partial charge in [0.15, 0.2) is 0 Å². The summed E-state index contributed by atoms with van der Waals surface area (Å²) in [7, 11) is 1.44. The van der Waals surface area contributed by atoms with Gasteiger partial charge in [-0.1, -0.05) is 0 Å². The Kier molecular flexibility index (Phi) is 8.60. The van der Waals surface area contributed by atoms with Gasteiger partial charge < -0.3 is 20.1 Å². The van der Waals surface area contributed by atoms with Gasteiger partial charge in [0.1, 0.15) is 5.75 Å². The molecule has 0 aliphatic carbocycles. The normalized spacial score (nSPS) is 14.7. The van der Waals surface area contributed by atoms with Gasteiger partial charge in [-0.25, -0.2) is 0 Å². The molecule has 1 saturated heterocycles. The Labute approximate surface area is 152 Å². The maximum Gasteiger partial charge on any atom is 0.270 e. The number of nitro groups is 1. The first-order valence-electron chi connectivity index (χ1n) is 8.00. The molecule has 0 radical (unpaired) electrons. The van der Waals surface area contributed by atoms with Crippen molar-refractivity contribution in [1.29, 1.82) is 0 Å². The Morgan fingerprint density at radius 1 is 1.40 bits per heavy atom. The van der Waals surface area contributed by atoms with Gasteiger partial charge in [0.25, 0.3) is 11.6 Å². The van der Waals surface area contributed by atoms with Gasteiger partial charge >= 0.3 is 0 Å². The third kappa shape index (κ3) is 5.55. The van der Waals surface area contributed by atoms with E-state index in [1.54, 1.807) is 4.90 Å². The first-order chi connectivity index (χ1) is 11.6. The minimum atomic E-state index is -0.520. The molecule has 2 rings (SSSR count). The number of hydrogen-bond acceptors (Lipinski definition) is 6. The van der Waals surface area contributed by atoms with Crippen LogP contribution >= 0.6 is 12.4 Å². The lowest BCUT2D eigenvalue weighted by atomic mass is 10.1. The van der Waals surface area contributed by atoms with Crippen molar-refractivity contribution in [3.63, 3.8) is 0 Å². The number of nitrogens with two attached hydrogens (primary N) is 1. The number of methoxy groups -OCH3 is 1. The van der Waals surface area contributed by atoms with Crippen molar-refractivity contribution in [1.82, 2.24) is 4.90 Å². The average Bonchev–Trinajstić information content (AvgIpc) is 2.61. The number of nitrogens with zero attached hydrogens (tertiary/aromatic N) is 2. The maximum absolute atomic E-state index is 12.7. The van der Waals surface area contributed by atoms with E-state index in [9.17, 15) is 14.9 Å². The van der Waals surface area contributed by atoms with E-state index in [4.69, 9.17) is 15.2 Å². The highest BCUT2D eigenvalue weighted by Gasteiger charge is 2.27. The average molecular weight is 374 g/mol. The van der Waals surface area contributed by atoms with Crippen LogP contribution in [0, 0.1) is 10.1 Å². The smallest absolute Gasteiger partial charge is 0.270 e. The molecule has 1 heterocycles. The summed E-state index contributed by atoms with van der Waals surface area (Å²) in [5, 5.41) is 10.9. The zero-order chi connectivity index (χ0) is 17.5. The number of amides is 1. The summed E-state index contributed by atoms with van der Waals surface area (Å²) in [6.45, 7) is 2.34. The van der Waals surface area contributed by atoms with E-state index < -0.39 is 4.92 Å². The Morgan fingerprint density at radius 3 is 2.64 bits per heavy atom. The number of carbonyl (C=O) groups excluding carboxylic acids is 1. The molecule has 9 heteroatoms. The number of likely N-dealkylation sites (tertiary alicyclic amines) is 1. The minimum Gasteiger partial charge on any atom is -0.496 e. The van der Waals surface area contributed by atoms with Crippen molar-refractivity contribution in [2.75, 3.05) is 33.4 Å². The van der Waals surface area contributed by atoms with Crippen LogP contribution in [0.25, 0.3) is 0 Å². The number of non-ortho nitro benzene ring substituents is 1. The van der Waals surface area contributed by atoms with E-state index in [-0.39, 0.29) is 35.7 Å². The molecule has 0 unspecified atom stereocenters. The fourth-order valence-electron chi connectivity index (χ4n) is 2.71. The Bertz CT molecular complexity index is 591. The van der Waals surface area contributed by atoms with E-state index in [1.165, 1.54) is 25.3 Å². The lowest BCUT2D eigenvalue weighted by Crippen LogP contribution is -2.41. The van der Waals surface area contributed by atoms with Crippen molar-refractivity contribution in [3.8, 4) is 5.75 Å². The van der Waals surface area contributed by atoms with Crippen LogP contribution in [-0.2, 0) is 4.74 Å². The number of rotatable bonds is 7. The van der Waals surface area contributed by atoms with Gasteiger partial charge in [0.05, 0.1) is 23.7 Å². The summed E-state index contributed by atoms with van der Waals surface area (Å²) >= 11 is 0. The minimum absolute atomic E-state index is 0. The van der Waals surface area contributed by atoms with Crippen LogP contribution in [0.4, 0.5) is 5.69 Å². The molecule has 8 nitrogen and oxygen atoms in total. The van der Waals surface area contributed by atoms with E-state index in [0.29, 0.717) is 32.0 Å². The number of carbonyl (C=O) groups is 1. The van der Waals surface area contributed by atoms with Gasteiger partial charge in [-0.2, -0.15) is 0 Å². The topological polar surface area (TPSA) is 108 Å². The van der Waals surface area contributed by atoms with Crippen LogP contribution < -0.4 is 10.5 Å². The molecule has 1 aliphatic rings. The number of nitro benzene ring substituents is 1. The molecule has 1 aromatic rings. The molecule has 1 aliphatic heterocycles. The number of ether oxygens (including phenoxy) is 2. The summed E-state index contributed by atoms with van der Waals surface area (Å²) in [5.41, 5.74) is 5.53. The maximum atomic E-state index is 12.7. The first-order valence-corrected chi connectivity index (χ1v) is 8.00. The van der Waals surface area contributed by atoms with Gasteiger partial charge in [-0.3, -0.25) is 14.9 Å². The summed E-state index contributed by atoms with van der Waals surface area (Å²) in [6.07, 6.45) is 2.44. The van der Waals surface area contributed by atoms with Gasteiger partial charge in [-0.15, -0.1) is 12.4 Å². The molecule has 0 aromatic heterocycles. The van der Waals surface area contributed by atoms with Crippen LogP contribution in [0.15, 0.2) is 18.2 Å². The zero-order valence-corrected chi connectivity index (χ0v) is 15.0. The highest BCUT2D eigenvalue weighted by molar-refractivity contribution is 5.97. The molecule has 1 amide bonds. The first kappa shape index (κ1) is 21.1. The fraction of sp³-hybridized carbons (Fsp3) is 0.562. The second-order valence-corrected chi connectivity index (χ2v) is 5.65. The predicted molar refractivity (Wildman–Crippen MR) is 95.4 cm³/mol. The number of benzene rings is 1. The molecule has 0 atom stereocenters. The van der Waals surface area contributed by atoms with Gasteiger partial charge in [0, 0.05) is 31.8 Å². The van der Waals surface area contributed by atoms with Crippen molar-refractivity contribution < 1.29 is 19.2 Å². The van der Waals surface area contributed by atoms with E-state index in [0.717, 1.165) is 19.3 Å². The Morgan fingerprint density at radius 2 is 2.08 bits per heavy atom. The second-order valence-electron chi connectivity index (χ2n) is 5.65. The predicted octanol–water partition coefficient (Wildman–Crippen LogP) is 2.00. The third-order valence-electron chi connectivity index (χ3n) is 4.06. The van der Waals surface area contributed by atoms with E-state index in [2.05, 4.69) is 0 Å². The molecule has 0 bridgehead atoms. The monoisotopic (exact) mass is 373 g/mol. The molecule has 25 heavy (non-hydrogen) atoms. The summed E-state index contributed by atoms with van der Waals surface area (Å²) < 4.78 is 10.9. The van der Waals surface area contributed by atoms with Crippen LogP contribution in [-0.4, -0.2) is 55.2 Å². The van der Waals surface area contributed by atoms with Crippen LogP contribution in [0.3, 0.4) is 0 Å². The van der Waals surface area contributed by atoms with Crippen molar-refractivity contribution in [2.24, 2.45) is 5.73 Å². The lowest BCUT2D eigenvalue weighted by molar-refractivity contribution is -0.384. The highest BCUT2D eigenvalue weighted by Crippen LogP contribution is 2.26. The Balaban J connectivity index is 0.00000312. The number of hydrogen-bond donors (Lipinski definition) is 1. The van der Waals surface area contributed by atoms with E-state index >= 15 is 0 Å². The van der Waals surface area contributed by atoms with Crippen molar-refractivity contribution >= 4 is 24.0 Å². The summed E-state index contributed by atoms with van der Waals surface area (Å²) in [6, 6.07) is 4.05. The van der Waals surface area contributed by atoms with Crippen LogP contribution in [0.2, 0.25) is 0 Å². The molecule has 140 valence electrons. The van der Waals surface area contributed by atoms with Crippen LogP contribution in [0.1, 0.15) is 29.6 Å². The quantitative estimate of drug-likeness (QED) is 0.445. The fourth-order valence-corrected chi connectivity index (χ4v) is 2.71. The molecule has 1 aromatic carbocycles. The van der Waals surface area contributed by atoms with E-state index in [1.807, 2.05) is 0 Å². The van der Waals surface area contributed by atoms with Crippen molar-refractivity contribution in [3.05, 3.63) is 33.9 Å². The second kappa shape index (κ2) is 10.2. The number of piperidine rings is 1.